The highest BCUT2D eigenvalue weighted by Gasteiger charge is 2.88. The molecule has 6 fully saturated rings. The fraction of sp³-hybridized carbons (Fsp3) is 0.821. The van der Waals surface area contributed by atoms with Crippen LogP contribution in [0, 0.1) is 39.9 Å². The average Bonchev–Trinajstić information content (AvgIpc) is 2.97. The fourth-order valence-corrected chi connectivity index (χ4v) is 10.4. The van der Waals surface area contributed by atoms with Crippen molar-refractivity contribution in [3.05, 3.63) is 23.5 Å². The van der Waals surface area contributed by atoms with Gasteiger partial charge in [-0.2, -0.15) is 0 Å². The highest BCUT2D eigenvalue weighted by atomic mass is 16.7. The maximum atomic E-state index is 14.3. The summed E-state index contributed by atoms with van der Waals surface area (Å²) in [4.78, 5) is 14.3. The Morgan fingerprint density at radius 3 is 2.71 bits per heavy atom. The second kappa shape index (κ2) is 6.98. The van der Waals surface area contributed by atoms with Gasteiger partial charge in [0.2, 0.25) is 12.1 Å². The third-order valence-electron chi connectivity index (χ3n) is 11.2. The normalized spacial score (nSPS) is 53.5. The van der Waals surface area contributed by atoms with Gasteiger partial charge in [-0.3, -0.25) is 4.79 Å². The number of ether oxygens (including phenoxy) is 5. The lowest BCUT2D eigenvalue weighted by Crippen LogP contribution is -2.84. The van der Waals surface area contributed by atoms with Crippen LogP contribution in [0.25, 0.3) is 0 Å². The van der Waals surface area contributed by atoms with E-state index < -0.39 is 28.8 Å². The molecule has 0 aromatic carbocycles. The Morgan fingerprint density at radius 2 is 1.97 bits per heavy atom. The Balaban J connectivity index is 1.50. The highest BCUT2D eigenvalue weighted by Crippen LogP contribution is 2.79. The summed E-state index contributed by atoms with van der Waals surface area (Å²) in [7, 11) is 3.23. The number of carbonyl (C=O) groups excluding carboxylic acids is 1. The quantitative estimate of drug-likeness (QED) is 0.599. The van der Waals surface area contributed by atoms with E-state index in [0.717, 1.165) is 44.3 Å². The Morgan fingerprint density at radius 1 is 1.17 bits per heavy atom. The number of aliphatic hydroxyl groups is 1. The number of carbonyl (C=O) groups is 1. The van der Waals surface area contributed by atoms with E-state index >= 15 is 0 Å². The summed E-state index contributed by atoms with van der Waals surface area (Å²) in [5.41, 5.74) is -0.140. The summed E-state index contributed by atoms with van der Waals surface area (Å²) in [6.07, 6.45) is 3.86. The van der Waals surface area contributed by atoms with Crippen molar-refractivity contribution in [2.45, 2.75) is 76.7 Å². The van der Waals surface area contributed by atoms with Gasteiger partial charge < -0.3 is 28.8 Å². The van der Waals surface area contributed by atoms with Crippen LogP contribution < -0.4 is 0 Å². The zero-order valence-corrected chi connectivity index (χ0v) is 21.3. The smallest absolute Gasteiger partial charge is 0.210 e. The van der Waals surface area contributed by atoms with Crippen molar-refractivity contribution in [1.29, 1.82) is 0 Å². The van der Waals surface area contributed by atoms with Gasteiger partial charge in [0.05, 0.1) is 24.7 Å². The largest absolute Gasteiger partial charge is 0.468 e. The molecule has 4 aliphatic carbocycles. The first-order valence-corrected chi connectivity index (χ1v) is 13.3. The van der Waals surface area contributed by atoms with E-state index in [1.165, 1.54) is 5.57 Å². The van der Waals surface area contributed by atoms with Gasteiger partial charge in [0.25, 0.3) is 0 Å². The molecule has 8 aliphatic rings. The zero-order valence-electron chi connectivity index (χ0n) is 21.3. The molecule has 0 aromatic heterocycles. The number of rotatable bonds is 2. The van der Waals surface area contributed by atoms with Crippen LogP contribution in [-0.2, 0) is 28.5 Å². The first-order valence-electron chi connectivity index (χ1n) is 13.3. The van der Waals surface area contributed by atoms with Crippen LogP contribution in [0.2, 0.25) is 0 Å². The van der Waals surface area contributed by atoms with E-state index in [9.17, 15) is 9.90 Å². The topological polar surface area (TPSA) is 83.5 Å². The summed E-state index contributed by atoms with van der Waals surface area (Å²) < 4.78 is 31.9. The highest BCUT2D eigenvalue weighted by molar-refractivity contribution is 6.05. The van der Waals surface area contributed by atoms with E-state index in [1.807, 2.05) is 0 Å². The maximum absolute atomic E-state index is 14.3. The number of methoxy groups -OCH3 is 2. The molecule has 8 rings (SSSR count). The fourth-order valence-electron chi connectivity index (χ4n) is 10.4. The van der Waals surface area contributed by atoms with Crippen molar-refractivity contribution in [2.24, 2.45) is 39.9 Å². The van der Waals surface area contributed by atoms with Crippen molar-refractivity contribution in [1.82, 2.24) is 0 Å². The van der Waals surface area contributed by atoms with Crippen LogP contribution in [0.1, 0.15) is 52.4 Å². The van der Waals surface area contributed by atoms with Crippen LogP contribution in [0.5, 0.6) is 0 Å². The van der Waals surface area contributed by atoms with E-state index in [0.29, 0.717) is 24.7 Å². The molecule has 3 saturated carbocycles. The Bertz CT molecular complexity index is 1030. The standard InChI is InChI=1S/C28H38O7/c1-14-17-8-9-18-26-13-34-28(32-5,27(18,20(14)29)23(17)31-4)21(30)19(26)25(2,3)12-16-11-15-7-6-10-33-24(15)35-22(16)26/h15,17-19,21,23-24,30H,1,6-13H2,2-5H3/t15-,17+,18+,19-,21+,23-,24+,26+,27+,28+/m1/s1. The van der Waals surface area contributed by atoms with E-state index in [1.54, 1.807) is 14.2 Å². The van der Waals surface area contributed by atoms with Crippen LogP contribution in [0.4, 0.5) is 0 Å². The van der Waals surface area contributed by atoms with Crippen molar-refractivity contribution in [3.8, 4) is 0 Å². The molecule has 4 bridgehead atoms. The van der Waals surface area contributed by atoms with Crippen LogP contribution in [0.15, 0.2) is 23.5 Å². The molecule has 10 atom stereocenters. The number of ketones is 1. The van der Waals surface area contributed by atoms with Gasteiger partial charge in [-0.1, -0.05) is 20.4 Å². The molecule has 7 nitrogen and oxygen atoms in total. The molecule has 192 valence electrons. The Hall–Kier alpha value is -1.25. The molecule has 4 aliphatic heterocycles. The summed E-state index contributed by atoms with van der Waals surface area (Å²) in [5.74, 6) is -0.687. The molecule has 4 heterocycles. The molecule has 2 spiro atoms. The Kier molecular flexibility index (Phi) is 4.57. The van der Waals surface area contributed by atoms with Crippen LogP contribution in [0.3, 0.4) is 0 Å². The van der Waals surface area contributed by atoms with Gasteiger partial charge in [-0.15, -0.1) is 0 Å². The first kappa shape index (κ1) is 22.9. The van der Waals surface area contributed by atoms with Gasteiger partial charge in [-0.05, 0) is 61.0 Å². The molecule has 1 N–H and O–H groups in total. The molecule has 0 amide bonds. The van der Waals surface area contributed by atoms with Gasteiger partial charge in [-0.25, -0.2) is 0 Å². The molecule has 0 aromatic rings. The van der Waals surface area contributed by atoms with Gasteiger partial charge in [0.1, 0.15) is 17.3 Å². The SMILES string of the molecule is C=C1C(=O)[C@]23[C@H](OC)[C@H]1CC[C@H]2[C@@]12CO[C@@]3(OC)[C@@H](O)[C@@H]1C(C)(C)CC1=C2O[C@@H]2OCCC[C@@H]2C1. The lowest BCUT2D eigenvalue weighted by atomic mass is 9.36. The second-order valence-corrected chi connectivity index (χ2v) is 12.8. The number of allylic oxidation sites excluding steroid dienone is 1. The maximum Gasteiger partial charge on any atom is 0.210 e. The number of Topliss-reactive ketones (excluding diaryl/α,β-unsaturated/α-hetero) is 1. The molecule has 3 saturated heterocycles. The van der Waals surface area contributed by atoms with Crippen LogP contribution >= 0.6 is 0 Å². The predicted molar refractivity (Wildman–Crippen MR) is 125 cm³/mol. The Labute approximate surface area is 207 Å². The van der Waals surface area contributed by atoms with Gasteiger partial charge >= 0.3 is 0 Å². The number of fused-ring (bicyclic) bond motifs is 3. The molecular weight excluding hydrogens is 448 g/mol. The third-order valence-corrected chi connectivity index (χ3v) is 11.2. The van der Waals surface area contributed by atoms with E-state index in [2.05, 4.69) is 20.4 Å². The molecule has 35 heavy (non-hydrogen) atoms. The van der Waals surface area contributed by atoms with Crippen molar-refractivity contribution in [3.63, 3.8) is 0 Å². The third kappa shape index (κ3) is 2.27. The minimum atomic E-state index is -1.48. The van der Waals surface area contributed by atoms with Gasteiger partial charge in [0.15, 0.2) is 5.78 Å². The van der Waals surface area contributed by atoms with Crippen molar-refractivity contribution < 1.29 is 33.6 Å². The van der Waals surface area contributed by atoms with E-state index in [-0.39, 0.29) is 35.2 Å². The monoisotopic (exact) mass is 486 g/mol. The average molecular weight is 487 g/mol. The van der Waals surface area contributed by atoms with Crippen molar-refractivity contribution in [2.75, 3.05) is 27.4 Å². The molecule has 0 unspecified atom stereocenters. The lowest BCUT2D eigenvalue weighted by molar-refractivity contribution is -0.451. The minimum Gasteiger partial charge on any atom is -0.468 e. The number of hydrogen-bond donors (Lipinski definition) is 1. The number of aliphatic hydroxyl groups excluding tert-OH is 1. The predicted octanol–water partition coefficient (Wildman–Crippen LogP) is 3.36. The first-order chi connectivity index (χ1) is 16.7. The molecular formula is C28H38O7. The lowest BCUT2D eigenvalue weighted by Gasteiger charge is -2.75. The summed E-state index contributed by atoms with van der Waals surface area (Å²) in [5, 5.41) is 12.3. The summed E-state index contributed by atoms with van der Waals surface area (Å²) in [6.45, 7) is 9.78. The van der Waals surface area contributed by atoms with Crippen LogP contribution in [-0.4, -0.2) is 62.6 Å². The van der Waals surface area contributed by atoms with E-state index in [4.69, 9.17) is 23.7 Å². The number of hydrogen-bond acceptors (Lipinski definition) is 7. The molecule has 0 radical (unpaired) electrons. The summed E-state index contributed by atoms with van der Waals surface area (Å²) in [6, 6.07) is 0. The summed E-state index contributed by atoms with van der Waals surface area (Å²) >= 11 is 0. The van der Waals surface area contributed by atoms with Gasteiger partial charge in [0, 0.05) is 32.0 Å². The van der Waals surface area contributed by atoms with Crippen molar-refractivity contribution >= 4 is 5.78 Å². The molecule has 7 heteroatoms. The zero-order chi connectivity index (χ0) is 24.5. The second-order valence-electron chi connectivity index (χ2n) is 12.8. The minimum absolute atomic E-state index is 0.0663.